The minimum atomic E-state index is -0.504. The van der Waals surface area contributed by atoms with E-state index < -0.39 is 6.03 Å². The zero-order chi connectivity index (χ0) is 19.8. The number of imide groups is 1. The molecule has 28 heavy (non-hydrogen) atoms. The maximum absolute atomic E-state index is 12.2. The Hall–Kier alpha value is -2.41. The second-order valence-corrected chi connectivity index (χ2v) is 7.34. The molecule has 0 spiro atoms. The first-order valence-corrected chi connectivity index (χ1v) is 9.81. The lowest BCUT2D eigenvalue weighted by Crippen LogP contribution is -2.42. The summed E-state index contributed by atoms with van der Waals surface area (Å²) in [5.74, 6) is -0.292. The number of carbonyl (C=O) groups excluding carboxylic acids is 2. The Bertz CT molecular complexity index is 783. The Kier molecular flexibility index (Phi) is 7.42. The van der Waals surface area contributed by atoms with Crippen LogP contribution in [0.3, 0.4) is 0 Å². The van der Waals surface area contributed by atoms with Crippen molar-refractivity contribution in [1.82, 2.24) is 15.1 Å². The molecule has 1 aliphatic rings. The molecule has 2 N–H and O–H groups in total. The van der Waals surface area contributed by atoms with Crippen molar-refractivity contribution in [3.05, 3.63) is 65.2 Å². The molecule has 0 atom stereocenters. The average Bonchev–Trinajstić information content (AvgIpc) is 2.89. The Morgan fingerprint density at radius 1 is 0.893 bits per heavy atom. The molecule has 6 nitrogen and oxygen atoms in total. The standard InChI is InChI=1S/C21H25ClN4O2/c22-18-9-7-17(8-10-18)15-25-11-4-12-26(14-13-25)16-20(27)24-21(28)23-19-5-2-1-3-6-19/h1-3,5-10H,4,11-16H2,(H2,23,24,27,28). The topological polar surface area (TPSA) is 64.7 Å². The molecule has 2 aromatic carbocycles. The second kappa shape index (κ2) is 10.2. The summed E-state index contributed by atoms with van der Waals surface area (Å²) < 4.78 is 0. The molecule has 0 aromatic heterocycles. The molecule has 0 radical (unpaired) electrons. The number of hydrogen-bond acceptors (Lipinski definition) is 4. The molecule has 3 rings (SSSR count). The van der Waals surface area contributed by atoms with E-state index >= 15 is 0 Å². The summed E-state index contributed by atoms with van der Waals surface area (Å²) >= 11 is 5.94. The largest absolute Gasteiger partial charge is 0.325 e. The van der Waals surface area contributed by atoms with E-state index in [9.17, 15) is 9.59 Å². The highest BCUT2D eigenvalue weighted by Gasteiger charge is 2.18. The fourth-order valence-electron chi connectivity index (χ4n) is 3.24. The van der Waals surface area contributed by atoms with Crippen LogP contribution in [0.5, 0.6) is 0 Å². The van der Waals surface area contributed by atoms with Gasteiger partial charge in [-0.1, -0.05) is 41.9 Å². The highest BCUT2D eigenvalue weighted by atomic mass is 35.5. The van der Waals surface area contributed by atoms with Crippen molar-refractivity contribution in [3.8, 4) is 0 Å². The Labute approximate surface area is 170 Å². The van der Waals surface area contributed by atoms with Crippen LogP contribution in [0.4, 0.5) is 10.5 Å². The smallest absolute Gasteiger partial charge is 0.308 e. The summed E-state index contributed by atoms with van der Waals surface area (Å²) in [7, 11) is 0. The molecular weight excluding hydrogens is 376 g/mol. The van der Waals surface area contributed by atoms with E-state index in [4.69, 9.17) is 11.6 Å². The molecule has 1 heterocycles. The first-order valence-electron chi connectivity index (χ1n) is 9.43. The van der Waals surface area contributed by atoms with Gasteiger partial charge >= 0.3 is 6.03 Å². The number of carbonyl (C=O) groups is 2. The lowest BCUT2D eigenvalue weighted by Gasteiger charge is -2.21. The van der Waals surface area contributed by atoms with E-state index in [1.165, 1.54) is 5.56 Å². The van der Waals surface area contributed by atoms with Gasteiger partial charge in [0.05, 0.1) is 6.54 Å². The Balaban J connectivity index is 1.41. The Morgan fingerprint density at radius 2 is 1.57 bits per heavy atom. The summed E-state index contributed by atoms with van der Waals surface area (Å²) in [4.78, 5) is 28.6. The van der Waals surface area contributed by atoms with Crippen LogP contribution in [-0.4, -0.2) is 54.5 Å². The second-order valence-electron chi connectivity index (χ2n) is 6.90. The van der Waals surface area contributed by atoms with Crippen LogP contribution in [0.15, 0.2) is 54.6 Å². The zero-order valence-electron chi connectivity index (χ0n) is 15.7. The van der Waals surface area contributed by atoms with Crippen molar-refractivity contribution in [2.75, 3.05) is 38.0 Å². The van der Waals surface area contributed by atoms with Crippen LogP contribution in [0.2, 0.25) is 5.02 Å². The van der Waals surface area contributed by atoms with Gasteiger partial charge < -0.3 is 5.32 Å². The number of urea groups is 1. The molecule has 2 aromatic rings. The molecule has 0 saturated carbocycles. The maximum Gasteiger partial charge on any atom is 0.325 e. The van der Waals surface area contributed by atoms with Gasteiger partial charge in [0, 0.05) is 30.3 Å². The van der Waals surface area contributed by atoms with Gasteiger partial charge in [0.25, 0.3) is 0 Å². The molecule has 1 saturated heterocycles. The summed E-state index contributed by atoms with van der Waals surface area (Å²) in [5, 5.41) is 5.79. The monoisotopic (exact) mass is 400 g/mol. The number of nitrogens with zero attached hydrogens (tertiary/aromatic N) is 2. The number of halogens is 1. The van der Waals surface area contributed by atoms with Crippen molar-refractivity contribution in [1.29, 1.82) is 0 Å². The summed E-state index contributed by atoms with van der Waals surface area (Å²) in [5.41, 5.74) is 1.88. The molecule has 148 valence electrons. The number of nitrogens with one attached hydrogen (secondary N) is 2. The van der Waals surface area contributed by atoms with Crippen LogP contribution in [0.25, 0.3) is 0 Å². The van der Waals surface area contributed by atoms with Gasteiger partial charge in [0.2, 0.25) is 5.91 Å². The normalized spacial score (nSPS) is 15.6. The quantitative estimate of drug-likeness (QED) is 0.809. The van der Waals surface area contributed by atoms with E-state index in [2.05, 4.69) is 20.4 Å². The zero-order valence-corrected chi connectivity index (χ0v) is 16.5. The third kappa shape index (κ3) is 6.64. The summed E-state index contributed by atoms with van der Waals surface area (Å²) in [6.45, 7) is 4.58. The molecular formula is C21H25ClN4O2. The lowest BCUT2D eigenvalue weighted by molar-refractivity contribution is -0.121. The van der Waals surface area contributed by atoms with Crippen LogP contribution in [0.1, 0.15) is 12.0 Å². The van der Waals surface area contributed by atoms with Crippen molar-refractivity contribution in [2.45, 2.75) is 13.0 Å². The van der Waals surface area contributed by atoms with Gasteiger partial charge in [-0.3, -0.25) is 19.9 Å². The van der Waals surface area contributed by atoms with Crippen LogP contribution in [-0.2, 0) is 11.3 Å². The predicted octanol–water partition coefficient (Wildman–Crippen LogP) is 3.20. The number of rotatable bonds is 5. The van der Waals surface area contributed by atoms with E-state index in [0.29, 0.717) is 5.69 Å². The first-order chi connectivity index (χ1) is 13.6. The van der Waals surface area contributed by atoms with Gasteiger partial charge in [-0.15, -0.1) is 0 Å². The van der Waals surface area contributed by atoms with Crippen molar-refractivity contribution in [2.24, 2.45) is 0 Å². The van der Waals surface area contributed by atoms with Gasteiger partial charge in [-0.05, 0) is 49.3 Å². The van der Waals surface area contributed by atoms with Gasteiger partial charge in [-0.2, -0.15) is 0 Å². The molecule has 0 bridgehead atoms. The SMILES string of the molecule is O=C(CN1CCCN(Cc2ccc(Cl)cc2)CC1)NC(=O)Nc1ccccc1. The number of amides is 3. The fourth-order valence-corrected chi connectivity index (χ4v) is 3.37. The van der Waals surface area contributed by atoms with E-state index in [1.807, 2.05) is 42.5 Å². The third-order valence-electron chi connectivity index (χ3n) is 4.65. The van der Waals surface area contributed by atoms with Crippen molar-refractivity contribution in [3.63, 3.8) is 0 Å². The Morgan fingerprint density at radius 3 is 2.32 bits per heavy atom. The van der Waals surface area contributed by atoms with Crippen LogP contribution >= 0.6 is 11.6 Å². The van der Waals surface area contributed by atoms with E-state index in [1.54, 1.807) is 12.1 Å². The summed E-state index contributed by atoms with van der Waals surface area (Å²) in [6, 6.07) is 16.5. The molecule has 0 unspecified atom stereocenters. The lowest BCUT2D eigenvalue weighted by atomic mass is 10.2. The van der Waals surface area contributed by atoms with Crippen LogP contribution < -0.4 is 10.6 Å². The molecule has 0 aliphatic carbocycles. The van der Waals surface area contributed by atoms with Crippen molar-refractivity contribution >= 4 is 29.2 Å². The minimum absolute atomic E-state index is 0.219. The molecule has 1 fully saturated rings. The minimum Gasteiger partial charge on any atom is -0.308 e. The van der Waals surface area contributed by atoms with Crippen LogP contribution in [0, 0.1) is 0 Å². The number of anilines is 1. The number of hydrogen-bond donors (Lipinski definition) is 2. The van der Waals surface area contributed by atoms with Crippen molar-refractivity contribution < 1.29 is 9.59 Å². The average molecular weight is 401 g/mol. The highest BCUT2D eigenvalue weighted by molar-refractivity contribution is 6.30. The maximum atomic E-state index is 12.2. The molecule has 7 heteroatoms. The highest BCUT2D eigenvalue weighted by Crippen LogP contribution is 2.13. The van der Waals surface area contributed by atoms with Gasteiger partial charge in [-0.25, -0.2) is 4.79 Å². The van der Waals surface area contributed by atoms with E-state index in [-0.39, 0.29) is 12.5 Å². The van der Waals surface area contributed by atoms with Gasteiger partial charge in [0.15, 0.2) is 0 Å². The van der Waals surface area contributed by atoms with Gasteiger partial charge in [0.1, 0.15) is 0 Å². The number of benzene rings is 2. The molecule has 1 aliphatic heterocycles. The summed E-state index contributed by atoms with van der Waals surface area (Å²) in [6.07, 6.45) is 0.983. The van der Waals surface area contributed by atoms with E-state index in [0.717, 1.165) is 44.2 Å². The molecule has 3 amide bonds. The first kappa shape index (κ1) is 20.3. The number of para-hydroxylation sites is 1. The fraction of sp³-hybridized carbons (Fsp3) is 0.333. The predicted molar refractivity (Wildman–Crippen MR) is 111 cm³/mol. The third-order valence-corrected chi connectivity index (χ3v) is 4.90.